The number of benzene rings is 1. The number of carbonyl (C=O) groups is 2. The third kappa shape index (κ3) is 5.67. The second kappa shape index (κ2) is 8.78. The zero-order valence-corrected chi connectivity index (χ0v) is 14.8. The van der Waals surface area contributed by atoms with Gasteiger partial charge in [-0.05, 0) is 52.4 Å². The van der Waals surface area contributed by atoms with Crippen LogP contribution in [0.2, 0.25) is 0 Å². The highest BCUT2D eigenvalue weighted by molar-refractivity contribution is 9.10. The molecular weight excluding hydrogens is 348 g/mol. The minimum atomic E-state index is -0.764. The standard InChI is InChI=1S/C16H23BrN2O3/c1-10(2)8-12(15(18)20)16(21)19-7-6-11-4-5-13(17)14(9-11)22-3/h4-5,9-10,12H,6-8H2,1-3H3,(H2,18,20)(H,19,21). The monoisotopic (exact) mass is 370 g/mol. The number of hydrogen-bond acceptors (Lipinski definition) is 3. The zero-order valence-electron chi connectivity index (χ0n) is 13.2. The summed E-state index contributed by atoms with van der Waals surface area (Å²) in [5, 5.41) is 2.78. The van der Waals surface area contributed by atoms with Gasteiger partial charge in [0.2, 0.25) is 11.8 Å². The number of nitrogens with two attached hydrogens (primary N) is 1. The first kappa shape index (κ1) is 18.5. The Bertz CT molecular complexity index is 532. The van der Waals surface area contributed by atoms with Gasteiger partial charge in [0, 0.05) is 6.54 Å². The lowest BCUT2D eigenvalue weighted by molar-refractivity contribution is -0.134. The maximum atomic E-state index is 12.0. The molecule has 0 bridgehead atoms. The van der Waals surface area contributed by atoms with E-state index in [1.54, 1.807) is 7.11 Å². The Kier molecular flexibility index (Phi) is 7.38. The van der Waals surface area contributed by atoms with Crippen LogP contribution in [-0.4, -0.2) is 25.5 Å². The number of halogens is 1. The van der Waals surface area contributed by atoms with Gasteiger partial charge in [-0.25, -0.2) is 0 Å². The van der Waals surface area contributed by atoms with E-state index < -0.39 is 11.8 Å². The first-order valence-electron chi connectivity index (χ1n) is 7.24. The summed E-state index contributed by atoms with van der Waals surface area (Å²) in [6.45, 7) is 4.36. The minimum Gasteiger partial charge on any atom is -0.496 e. The molecule has 122 valence electrons. The Morgan fingerprint density at radius 3 is 2.59 bits per heavy atom. The van der Waals surface area contributed by atoms with Gasteiger partial charge in [-0.15, -0.1) is 0 Å². The number of rotatable bonds is 8. The Morgan fingerprint density at radius 1 is 1.36 bits per heavy atom. The molecule has 0 heterocycles. The molecule has 2 amide bonds. The fraction of sp³-hybridized carbons (Fsp3) is 0.500. The average Bonchev–Trinajstić information content (AvgIpc) is 2.45. The summed E-state index contributed by atoms with van der Waals surface area (Å²) in [5.41, 5.74) is 6.34. The normalized spacial score (nSPS) is 12.0. The molecule has 1 atom stereocenters. The summed E-state index contributed by atoms with van der Waals surface area (Å²) >= 11 is 3.39. The molecule has 3 N–H and O–H groups in total. The molecule has 0 saturated carbocycles. The SMILES string of the molecule is COc1cc(CCNC(=O)C(CC(C)C)C(N)=O)ccc1Br. The first-order chi connectivity index (χ1) is 10.3. The van der Waals surface area contributed by atoms with Gasteiger partial charge in [0.25, 0.3) is 0 Å². The van der Waals surface area contributed by atoms with Gasteiger partial charge < -0.3 is 15.8 Å². The second-order valence-corrected chi connectivity index (χ2v) is 6.45. The molecule has 6 heteroatoms. The third-order valence-corrected chi connectivity index (χ3v) is 3.95. The predicted molar refractivity (Wildman–Crippen MR) is 89.5 cm³/mol. The quantitative estimate of drug-likeness (QED) is 0.688. The number of methoxy groups -OCH3 is 1. The number of ether oxygens (including phenoxy) is 1. The van der Waals surface area contributed by atoms with Crippen molar-refractivity contribution in [3.63, 3.8) is 0 Å². The van der Waals surface area contributed by atoms with Crippen molar-refractivity contribution in [2.75, 3.05) is 13.7 Å². The highest BCUT2D eigenvalue weighted by atomic mass is 79.9. The molecule has 1 rings (SSSR count). The molecule has 0 aliphatic heterocycles. The number of nitrogens with one attached hydrogen (secondary N) is 1. The lowest BCUT2D eigenvalue weighted by Gasteiger charge is -2.15. The topological polar surface area (TPSA) is 81.4 Å². The van der Waals surface area contributed by atoms with Crippen molar-refractivity contribution in [2.24, 2.45) is 17.6 Å². The van der Waals surface area contributed by atoms with E-state index in [9.17, 15) is 9.59 Å². The Balaban J connectivity index is 2.55. The van der Waals surface area contributed by atoms with Crippen LogP contribution >= 0.6 is 15.9 Å². The molecule has 0 aliphatic carbocycles. The van der Waals surface area contributed by atoms with Gasteiger partial charge in [-0.1, -0.05) is 19.9 Å². The summed E-state index contributed by atoms with van der Waals surface area (Å²) in [7, 11) is 1.61. The molecule has 0 radical (unpaired) electrons. The molecule has 0 fully saturated rings. The van der Waals surface area contributed by atoms with E-state index in [1.165, 1.54) is 0 Å². The van der Waals surface area contributed by atoms with Crippen LogP contribution in [0, 0.1) is 11.8 Å². The van der Waals surface area contributed by atoms with Crippen molar-refractivity contribution >= 4 is 27.7 Å². The third-order valence-electron chi connectivity index (χ3n) is 3.30. The fourth-order valence-corrected chi connectivity index (χ4v) is 2.55. The van der Waals surface area contributed by atoms with Crippen LogP contribution in [0.25, 0.3) is 0 Å². The Morgan fingerprint density at radius 2 is 2.05 bits per heavy atom. The maximum Gasteiger partial charge on any atom is 0.232 e. The van der Waals surface area contributed by atoms with Crippen molar-refractivity contribution in [3.05, 3.63) is 28.2 Å². The molecule has 1 aromatic carbocycles. The minimum absolute atomic E-state index is 0.235. The molecule has 0 aromatic heterocycles. The van der Waals surface area contributed by atoms with Gasteiger partial charge in [-0.3, -0.25) is 9.59 Å². The molecule has 0 aliphatic rings. The highest BCUT2D eigenvalue weighted by Gasteiger charge is 2.24. The molecule has 0 saturated heterocycles. The van der Waals surface area contributed by atoms with Crippen LogP contribution in [0.5, 0.6) is 5.75 Å². The van der Waals surface area contributed by atoms with Gasteiger partial charge in [-0.2, -0.15) is 0 Å². The van der Waals surface area contributed by atoms with E-state index in [4.69, 9.17) is 10.5 Å². The fourth-order valence-electron chi connectivity index (χ4n) is 2.14. The van der Waals surface area contributed by atoms with Gasteiger partial charge in [0.1, 0.15) is 11.7 Å². The average molecular weight is 371 g/mol. The first-order valence-corrected chi connectivity index (χ1v) is 8.03. The van der Waals surface area contributed by atoms with E-state index in [2.05, 4.69) is 21.2 Å². The van der Waals surface area contributed by atoms with Crippen molar-refractivity contribution in [1.29, 1.82) is 0 Å². The molecule has 5 nitrogen and oxygen atoms in total. The molecule has 22 heavy (non-hydrogen) atoms. The second-order valence-electron chi connectivity index (χ2n) is 5.59. The Labute approximate surface area is 139 Å². The van der Waals surface area contributed by atoms with Crippen LogP contribution in [0.4, 0.5) is 0 Å². The number of hydrogen-bond donors (Lipinski definition) is 2. The van der Waals surface area contributed by atoms with E-state index in [0.29, 0.717) is 19.4 Å². The summed E-state index contributed by atoms with van der Waals surface area (Å²) in [6.07, 6.45) is 1.12. The van der Waals surface area contributed by atoms with E-state index in [-0.39, 0.29) is 11.8 Å². The van der Waals surface area contributed by atoms with Gasteiger partial charge >= 0.3 is 0 Å². The maximum absolute atomic E-state index is 12.0. The van der Waals surface area contributed by atoms with E-state index >= 15 is 0 Å². The smallest absolute Gasteiger partial charge is 0.232 e. The predicted octanol–water partition coefficient (Wildman–Crippen LogP) is 2.26. The number of amides is 2. The van der Waals surface area contributed by atoms with Crippen LogP contribution in [0.15, 0.2) is 22.7 Å². The van der Waals surface area contributed by atoms with Crippen molar-refractivity contribution in [1.82, 2.24) is 5.32 Å². The van der Waals surface area contributed by atoms with E-state index in [1.807, 2.05) is 32.0 Å². The molecular formula is C16H23BrN2O3. The zero-order chi connectivity index (χ0) is 16.7. The summed E-state index contributed by atoms with van der Waals surface area (Å²) in [6, 6.07) is 5.77. The largest absolute Gasteiger partial charge is 0.496 e. The van der Waals surface area contributed by atoms with Gasteiger partial charge in [0.05, 0.1) is 11.6 Å². The number of carbonyl (C=O) groups excluding carboxylic acids is 2. The van der Waals surface area contributed by atoms with E-state index in [0.717, 1.165) is 15.8 Å². The van der Waals surface area contributed by atoms with Crippen LogP contribution < -0.4 is 15.8 Å². The van der Waals surface area contributed by atoms with Crippen LogP contribution in [0.1, 0.15) is 25.8 Å². The molecule has 1 aromatic rings. The Hall–Kier alpha value is -1.56. The van der Waals surface area contributed by atoms with Gasteiger partial charge in [0.15, 0.2) is 0 Å². The van der Waals surface area contributed by atoms with Crippen LogP contribution in [-0.2, 0) is 16.0 Å². The molecule has 0 spiro atoms. The van der Waals surface area contributed by atoms with Crippen molar-refractivity contribution in [2.45, 2.75) is 26.7 Å². The summed E-state index contributed by atoms with van der Waals surface area (Å²) in [4.78, 5) is 23.4. The lowest BCUT2D eigenvalue weighted by atomic mass is 9.95. The van der Waals surface area contributed by atoms with Crippen molar-refractivity contribution < 1.29 is 14.3 Å². The summed E-state index contributed by atoms with van der Waals surface area (Å²) in [5.74, 6) is -0.654. The highest BCUT2D eigenvalue weighted by Crippen LogP contribution is 2.25. The molecule has 1 unspecified atom stereocenters. The van der Waals surface area contributed by atoms with Crippen molar-refractivity contribution in [3.8, 4) is 5.75 Å². The van der Waals surface area contributed by atoms with Crippen LogP contribution in [0.3, 0.4) is 0 Å². The number of primary amides is 1. The lowest BCUT2D eigenvalue weighted by Crippen LogP contribution is -2.40. The summed E-state index contributed by atoms with van der Waals surface area (Å²) < 4.78 is 6.11.